The Kier molecular flexibility index (Phi) is 5.11. The lowest BCUT2D eigenvalue weighted by molar-refractivity contribution is 0.0690. The Bertz CT molecular complexity index is 681. The number of urea groups is 1. The van der Waals surface area contributed by atoms with Crippen LogP contribution in [0.15, 0.2) is 18.2 Å². The van der Waals surface area contributed by atoms with Gasteiger partial charge in [-0.3, -0.25) is 0 Å². The molecule has 3 nitrogen and oxygen atoms in total. The summed E-state index contributed by atoms with van der Waals surface area (Å²) >= 11 is 0. The molecule has 3 heteroatoms. The van der Waals surface area contributed by atoms with Crippen molar-refractivity contribution in [2.75, 3.05) is 0 Å². The average molecular weight is 357 g/mol. The number of aryl methyl sites for hydroxylation is 1. The summed E-state index contributed by atoms with van der Waals surface area (Å²) in [6.45, 7) is 13.3. The van der Waals surface area contributed by atoms with E-state index in [1.807, 2.05) is 13.8 Å². The Balaban J connectivity index is 1.91. The molecular formula is C23H36N2O. The molecule has 26 heavy (non-hydrogen) atoms. The number of carbonyl (C=O) groups excluding carboxylic acids is 1. The Hall–Kier alpha value is -1.51. The van der Waals surface area contributed by atoms with Crippen molar-refractivity contribution in [1.29, 1.82) is 0 Å². The maximum atomic E-state index is 12.4. The van der Waals surface area contributed by atoms with Gasteiger partial charge in [0, 0.05) is 11.6 Å². The van der Waals surface area contributed by atoms with Gasteiger partial charge >= 0.3 is 6.03 Å². The van der Waals surface area contributed by atoms with Crippen molar-refractivity contribution < 1.29 is 4.79 Å². The van der Waals surface area contributed by atoms with Crippen molar-refractivity contribution in [2.24, 2.45) is 5.92 Å². The molecule has 1 fully saturated rings. The molecule has 0 spiro atoms. The predicted octanol–water partition coefficient (Wildman–Crippen LogP) is 5.28. The molecular weight excluding hydrogens is 320 g/mol. The second kappa shape index (κ2) is 6.90. The first-order valence-corrected chi connectivity index (χ1v) is 10.4. The fourth-order valence-corrected chi connectivity index (χ4v) is 5.58. The minimum absolute atomic E-state index is 0.0206. The van der Waals surface area contributed by atoms with Crippen LogP contribution in [0.2, 0.25) is 0 Å². The summed E-state index contributed by atoms with van der Waals surface area (Å²) in [6.07, 6.45) is 5.73. The smallest absolute Gasteiger partial charge is 0.315 e. The topological polar surface area (TPSA) is 41.1 Å². The number of rotatable bonds is 3. The Morgan fingerprint density at radius 2 is 1.88 bits per heavy atom. The molecule has 2 N–H and O–H groups in total. The van der Waals surface area contributed by atoms with E-state index in [9.17, 15) is 4.79 Å². The summed E-state index contributed by atoms with van der Waals surface area (Å²) in [6, 6.07) is 7.29. The van der Waals surface area contributed by atoms with Gasteiger partial charge in [-0.15, -0.1) is 0 Å². The quantitative estimate of drug-likeness (QED) is 0.760. The van der Waals surface area contributed by atoms with Crippen LogP contribution in [0.1, 0.15) is 89.8 Å². The lowest BCUT2D eigenvalue weighted by Crippen LogP contribution is -2.62. The van der Waals surface area contributed by atoms with Crippen molar-refractivity contribution >= 4 is 6.03 Å². The number of fused-ring (bicyclic) bond motifs is 3. The van der Waals surface area contributed by atoms with E-state index in [4.69, 9.17) is 0 Å². The standard InChI is InChI=1S/C23H36N2O/c1-15(2)17-8-10-19-18(14-17)9-11-20-22(19,5)12-7-13-23(20,6)25-21(26)24-16(3)4/h8,10,14-16,20H,7,9,11-13H2,1-6H3,(H2,24,25,26)/t20-,22-,23-/m1/s1. The van der Waals surface area contributed by atoms with E-state index >= 15 is 0 Å². The van der Waals surface area contributed by atoms with Gasteiger partial charge in [-0.1, -0.05) is 45.4 Å². The summed E-state index contributed by atoms with van der Waals surface area (Å²) in [4.78, 5) is 12.4. The van der Waals surface area contributed by atoms with Gasteiger partial charge in [0.25, 0.3) is 0 Å². The van der Waals surface area contributed by atoms with Crippen molar-refractivity contribution in [2.45, 2.75) is 96.6 Å². The van der Waals surface area contributed by atoms with Crippen LogP contribution in [-0.4, -0.2) is 17.6 Å². The zero-order chi connectivity index (χ0) is 19.1. The fourth-order valence-electron chi connectivity index (χ4n) is 5.58. The first-order chi connectivity index (χ1) is 12.2. The minimum atomic E-state index is -0.139. The highest BCUT2D eigenvalue weighted by Gasteiger charge is 2.52. The molecule has 144 valence electrons. The predicted molar refractivity (Wildman–Crippen MR) is 109 cm³/mol. The molecule has 3 rings (SSSR count). The van der Waals surface area contributed by atoms with Gasteiger partial charge in [0.2, 0.25) is 0 Å². The summed E-state index contributed by atoms with van der Waals surface area (Å²) in [7, 11) is 0. The van der Waals surface area contributed by atoms with Crippen LogP contribution >= 0.6 is 0 Å². The molecule has 0 unspecified atom stereocenters. The zero-order valence-corrected chi connectivity index (χ0v) is 17.4. The van der Waals surface area contributed by atoms with Gasteiger partial charge in [-0.05, 0) is 80.4 Å². The second-order valence-corrected chi connectivity index (χ2v) is 9.60. The maximum absolute atomic E-state index is 12.4. The first-order valence-electron chi connectivity index (χ1n) is 10.4. The van der Waals surface area contributed by atoms with E-state index in [1.165, 1.54) is 23.1 Å². The molecule has 2 amide bonds. The van der Waals surface area contributed by atoms with Crippen LogP contribution in [-0.2, 0) is 11.8 Å². The lowest BCUT2D eigenvalue weighted by Gasteiger charge is -2.55. The van der Waals surface area contributed by atoms with Gasteiger partial charge in [-0.25, -0.2) is 4.79 Å². The van der Waals surface area contributed by atoms with Crippen LogP contribution in [0.3, 0.4) is 0 Å². The number of amides is 2. The Labute approximate surface area is 159 Å². The van der Waals surface area contributed by atoms with Crippen molar-refractivity contribution in [3.63, 3.8) is 0 Å². The van der Waals surface area contributed by atoms with Gasteiger partial charge in [0.1, 0.15) is 0 Å². The van der Waals surface area contributed by atoms with E-state index in [-0.39, 0.29) is 23.0 Å². The second-order valence-electron chi connectivity index (χ2n) is 9.60. The van der Waals surface area contributed by atoms with E-state index in [0.29, 0.717) is 11.8 Å². The third kappa shape index (κ3) is 3.37. The van der Waals surface area contributed by atoms with Crippen molar-refractivity contribution in [1.82, 2.24) is 10.6 Å². The summed E-state index contributed by atoms with van der Waals surface area (Å²) < 4.78 is 0. The highest BCUT2D eigenvalue weighted by atomic mass is 16.2. The molecule has 2 aliphatic carbocycles. The largest absolute Gasteiger partial charge is 0.336 e. The average Bonchev–Trinajstić information content (AvgIpc) is 2.52. The summed E-state index contributed by atoms with van der Waals surface area (Å²) in [5, 5.41) is 6.37. The van der Waals surface area contributed by atoms with E-state index < -0.39 is 0 Å². The zero-order valence-electron chi connectivity index (χ0n) is 17.4. The molecule has 0 radical (unpaired) electrons. The normalized spacial score (nSPS) is 30.7. The van der Waals surface area contributed by atoms with E-state index in [1.54, 1.807) is 0 Å². The summed E-state index contributed by atoms with van der Waals surface area (Å²) in [5.74, 6) is 1.06. The molecule has 2 aliphatic rings. The van der Waals surface area contributed by atoms with Crippen molar-refractivity contribution in [3.8, 4) is 0 Å². The molecule has 0 aliphatic heterocycles. The molecule has 0 bridgehead atoms. The van der Waals surface area contributed by atoms with Crippen LogP contribution in [0.5, 0.6) is 0 Å². The number of carbonyl (C=O) groups is 1. The highest BCUT2D eigenvalue weighted by Crippen LogP contribution is 2.53. The summed E-state index contributed by atoms with van der Waals surface area (Å²) in [5.41, 5.74) is 4.52. The molecule has 0 aromatic heterocycles. The number of hydrogen-bond acceptors (Lipinski definition) is 1. The fraction of sp³-hybridized carbons (Fsp3) is 0.696. The Morgan fingerprint density at radius 1 is 1.15 bits per heavy atom. The monoisotopic (exact) mass is 356 g/mol. The molecule has 3 atom stereocenters. The lowest BCUT2D eigenvalue weighted by atomic mass is 9.52. The van der Waals surface area contributed by atoms with Crippen LogP contribution in [0.4, 0.5) is 4.79 Å². The van der Waals surface area contributed by atoms with Crippen LogP contribution in [0.25, 0.3) is 0 Å². The van der Waals surface area contributed by atoms with E-state index in [2.05, 4.69) is 56.5 Å². The maximum Gasteiger partial charge on any atom is 0.315 e. The van der Waals surface area contributed by atoms with Gasteiger partial charge in [0.15, 0.2) is 0 Å². The third-order valence-electron chi connectivity index (χ3n) is 6.86. The Morgan fingerprint density at radius 3 is 2.54 bits per heavy atom. The van der Waals surface area contributed by atoms with Gasteiger partial charge in [-0.2, -0.15) is 0 Å². The molecule has 1 aromatic carbocycles. The SMILES string of the molecule is CC(C)NC(=O)N[C@]1(C)CCC[C@]2(C)c3ccc(C(C)C)cc3CC[C@@H]12. The molecule has 0 saturated heterocycles. The van der Waals surface area contributed by atoms with Gasteiger partial charge < -0.3 is 10.6 Å². The third-order valence-corrected chi connectivity index (χ3v) is 6.86. The van der Waals surface area contributed by atoms with E-state index in [0.717, 1.165) is 25.7 Å². The molecule has 0 heterocycles. The van der Waals surface area contributed by atoms with Crippen LogP contribution < -0.4 is 10.6 Å². The number of hydrogen-bond donors (Lipinski definition) is 2. The highest BCUT2D eigenvalue weighted by molar-refractivity contribution is 5.75. The molecule has 1 saturated carbocycles. The molecule has 1 aromatic rings. The van der Waals surface area contributed by atoms with Gasteiger partial charge in [0.05, 0.1) is 0 Å². The first kappa shape index (κ1) is 19.3. The number of nitrogens with one attached hydrogen (secondary N) is 2. The van der Waals surface area contributed by atoms with Crippen LogP contribution in [0, 0.1) is 5.92 Å². The van der Waals surface area contributed by atoms with Crippen molar-refractivity contribution in [3.05, 3.63) is 34.9 Å². The minimum Gasteiger partial charge on any atom is -0.336 e. The number of benzene rings is 1.